The van der Waals surface area contributed by atoms with Crippen molar-refractivity contribution in [2.45, 2.75) is 83.6 Å². The fraction of sp³-hybridized carbons (Fsp3) is 0.636. The third-order valence-electron chi connectivity index (χ3n) is 5.96. The van der Waals surface area contributed by atoms with Crippen LogP contribution in [0.15, 0.2) is 6.33 Å². The van der Waals surface area contributed by atoms with Crippen LogP contribution in [0, 0.1) is 0 Å². The number of carbonyl (C=O) groups excluding carboxylic acids is 3. The summed E-state index contributed by atoms with van der Waals surface area (Å²) in [6.45, 7) is 3.63. The first kappa shape index (κ1) is 24.8. The molecule has 0 spiro atoms. The van der Waals surface area contributed by atoms with Gasteiger partial charge in [0.1, 0.15) is 18.5 Å². The van der Waals surface area contributed by atoms with Gasteiger partial charge in [0, 0.05) is 26.8 Å². The number of nitrogens with one attached hydrogen (secondary N) is 1. The summed E-state index contributed by atoms with van der Waals surface area (Å²) in [7, 11) is 0. The molecule has 13 nitrogen and oxygen atoms in total. The highest BCUT2D eigenvalue weighted by Gasteiger charge is 2.51. The molecule has 2 fully saturated rings. The van der Waals surface area contributed by atoms with E-state index in [-0.39, 0.29) is 19.2 Å². The van der Waals surface area contributed by atoms with Gasteiger partial charge >= 0.3 is 17.9 Å². The van der Waals surface area contributed by atoms with Gasteiger partial charge in [-0.1, -0.05) is 12.8 Å². The molecule has 13 heteroatoms. The van der Waals surface area contributed by atoms with Gasteiger partial charge in [-0.25, -0.2) is 15.0 Å². The van der Waals surface area contributed by atoms with Crippen LogP contribution in [0.4, 0.5) is 5.82 Å². The van der Waals surface area contributed by atoms with E-state index in [4.69, 9.17) is 24.7 Å². The molecule has 2 aliphatic rings. The molecule has 190 valence electrons. The van der Waals surface area contributed by atoms with Gasteiger partial charge in [-0.2, -0.15) is 0 Å². The van der Waals surface area contributed by atoms with E-state index >= 15 is 0 Å². The van der Waals surface area contributed by atoms with Gasteiger partial charge in [-0.15, -0.1) is 0 Å². The van der Waals surface area contributed by atoms with E-state index in [9.17, 15) is 14.4 Å². The highest BCUT2D eigenvalue weighted by atomic mass is 16.7. The molecule has 0 radical (unpaired) electrons. The molecule has 3 N–H and O–H groups in total. The lowest BCUT2D eigenvalue weighted by Crippen LogP contribution is -2.40. The lowest BCUT2D eigenvalue weighted by Gasteiger charge is -2.23. The molecule has 1 saturated heterocycles. The fourth-order valence-electron chi connectivity index (χ4n) is 4.52. The maximum Gasteiger partial charge on any atom is 0.303 e. The number of hydrogen-bond acceptors (Lipinski definition) is 12. The van der Waals surface area contributed by atoms with Crippen molar-refractivity contribution in [3.63, 3.8) is 0 Å². The van der Waals surface area contributed by atoms with Gasteiger partial charge in [0.15, 0.2) is 35.4 Å². The van der Waals surface area contributed by atoms with Crippen LogP contribution in [0.5, 0.6) is 0 Å². The zero-order chi connectivity index (χ0) is 25.1. The normalized spacial score (nSPS) is 24.5. The molecule has 35 heavy (non-hydrogen) atoms. The Hall–Kier alpha value is -3.32. The summed E-state index contributed by atoms with van der Waals surface area (Å²) in [4.78, 5) is 48.8. The third kappa shape index (κ3) is 5.51. The van der Waals surface area contributed by atoms with Gasteiger partial charge in [0.2, 0.25) is 0 Å². The Labute approximate surface area is 201 Å². The molecule has 2 aromatic rings. The number of esters is 3. The Bertz CT molecular complexity index is 1100. The average molecular weight is 491 g/mol. The Balaban J connectivity index is 1.74. The summed E-state index contributed by atoms with van der Waals surface area (Å²) in [6, 6.07) is 0.279. The zero-order valence-corrected chi connectivity index (χ0v) is 19.9. The predicted octanol–water partition coefficient (Wildman–Crippen LogP) is 0.963. The number of anilines is 1. The molecule has 0 bridgehead atoms. The first-order chi connectivity index (χ1) is 16.8. The van der Waals surface area contributed by atoms with Gasteiger partial charge in [-0.3, -0.25) is 19.0 Å². The van der Waals surface area contributed by atoms with E-state index in [2.05, 4.69) is 20.3 Å². The molecule has 2 aromatic heterocycles. The largest absolute Gasteiger partial charge is 0.463 e. The number of nitrogens with zero attached hydrogens (tertiary/aromatic N) is 4. The summed E-state index contributed by atoms with van der Waals surface area (Å²) in [5.41, 5.74) is 6.78. The standard InChI is InChI=1S/C22H30N6O7/c1-11(29)32-9-15-18(33-12(2)30)19(34-13(3)31)22(35-15)28-10-24-17-20(25-14-6-4-5-7-14)26-16(8-23)27-21(17)28/h10,14-15,18-19,22H,4-9,23H2,1-3H3,(H,25,26,27)/t15-,18+,19-,22-/m1/s1. The van der Waals surface area contributed by atoms with Gasteiger partial charge in [-0.05, 0) is 12.8 Å². The highest BCUT2D eigenvalue weighted by molar-refractivity contribution is 5.83. The van der Waals surface area contributed by atoms with Crippen molar-refractivity contribution < 1.29 is 33.3 Å². The molecular weight excluding hydrogens is 460 g/mol. The van der Waals surface area contributed by atoms with Gasteiger partial charge < -0.3 is 30.0 Å². The monoisotopic (exact) mass is 490 g/mol. The average Bonchev–Trinajstić information content (AvgIpc) is 3.52. The first-order valence-electron chi connectivity index (χ1n) is 11.6. The Kier molecular flexibility index (Phi) is 7.45. The highest BCUT2D eigenvalue weighted by Crippen LogP contribution is 2.37. The minimum absolute atomic E-state index is 0.102. The van der Waals surface area contributed by atoms with Crippen LogP contribution in [-0.2, 0) is 39.9 Å². The second-order valence-electron chi connectivity index (χ2n) is 8.66. The van der Waals surface area contributed by atoms with E-state index in [1.165, 1.54) is 27.1 Å². The quantitative estimate of drug-likeness (QED) is 0.397. The lowest BCUT2D eigenvalue weighted by molar-refractivity contribution is -0.166. The Morgan fingerprint density at radius 2 is 1.77 bits per heavy atom. The molecule has 1 saturated carbocycles. The van der Waals surface area contributed by atoms with Crippen LogP contribution in [0.2, 0.25) is 0 Å². The summed E-state index contributed by atoms with van der Waals surface area (Å²) in [5, 5.41) is 3.45. The number of nitrogens with two attached hydrogens (primary N) is 1. The van der Waals surface area contributed by atoms with Gasteiger partial charge in [0.05, 0.1) is 12.9 Å². The van der Waals surface area contributed by atoms with Crippen LogP contribution in [0.25, 0.3) is 11.2 Å². The van der Waals surface area contributed by atoms with Crippen molar-refractivity contribution in [3.8, 4) is 0 Å². The number of fused-ring (bicyclic) bond motifs is 1. The van der Waals surface area contributed by atoms with Crippen molar-refractivity contribution in [2.24, 2.45) is 5.73 Å². The SMILES string of the molecule is CC(=O)OC[C@H]1O[C@@H](n2cnc3c(NC4CCCC4)nc(CN)nc32)[C@H](OC(C)=O)[C@H]1OC(C)=O. The van der Waals surface area contributed by atoms with Crippen molar-refractivity contribution >= 4 is 34.9 Å². The summed E-state index contributed by atoms with van der Waals surface area (Å²) >= 11 is 0. The van der Waals surface area contributed by atoms with Crippen LogP contribution in [0.3, 0.4) is 0 Å². The van der Waals surface area contributed by atoms with Crippen molar-refractivity contribution in [1.82, 2.24) is 19.5 Å². The second-order valence-corrected chi connectivity index (χ2v) is 8.66. The third-order valence-corrected chi connectivity index (χ3v) is 5.96. The summed E-state index contributed by atoms with van der Waals surface area (Å²) in [5.74, 6) is -0.765. The molecular formula is C22H30N6O7. The molecule has 1 aliphatic heterocycles. The van der Waals surface area contributed by atoms with Gasteiger partial charge in [0.25, 0.3) is 0 Å². The topological polar surface area (TPSA) is 170 Å². The van der Waals surface area contributed by atoms with E-state index in [1.54, 1.807) is 4.57 Å². The lowest BCUT2D eigenvalue weighted by atomic mass is 10.1. The number of carbonyl (C=O) groups is 3. The molecule has 3 heterocycles. The molecule has 4 rings (SSSR count). The van der Waals surface area contributed by atoms with Crippen molar-refractivity contribution in [2.75, 3.05) is 11.9 Å². The van der Waals surface area contributed by atoms with Crippen LogP contribution < -0.4 is 11.1 Å². The molecule has 0 amide bonds. The smallest absolute Gasteiger partial charge is 0.303 e. The number of aromatic nitrogens is 4. The predicted molar refractivity (Wildman–Crippen MR) is 121 cm³/mol. The molecule has 4 atom stereocenters. The summed E-state index contributed by atoms with van der Waals surface area (Å²) < 4.78 is 23.8. The van der Waals surface area contributed by atoms with Crippen LogP contribution in [0.1, 0.15) is 58.5 Å². The number of rotatable bonds is 8. The van der Waals surface area contributed by atoms with E-state index in [1.807, 2.05) is 0 Å². The zero-order valence-electron chi connectivity index (χ0n) is 19.9. The van der Waals surface area contributed by atoms with Crippen molar-refractivity contribution in [3.05, 3.63) is 12.2 Å². The Morgan fingerprint density at radius 3 is 2.40 bits per heavy atom. The van der Waals surface area contributed by atoms with Crippen LogP contribution in [-0.4, -0.2) is 68.4 Å². The van der Waals surface area contributed by atoms with E-state index in [0.29, 0.717) is 22.8 Å². The molecule has 1 aliphatic carbocycles. The maximum atomic E-state index is 11.9. The summed E-state index contributed by atoms with van der Waals surface area (Å²) in [6.07, 6.45) is 1.94. The van der Waals surface area contributed by atoms with E-state index in [0.717, 1.165) is 25.7 Å². The number of imidazole rings is 1. The first-order valence-corrected chi connectivity index (χ1v) is 11.6. The second kappa shape index (κ2) is 10.5. The van der Waals surface area contributed by atoms with Crippen LogP contribution >= 0.6 is 0 Å². The Morgan fingerprint density at radius 1 is 1.09 bits per heavy atom. The minimum atomic E-state index is -1.04. The van der Waals surface area contributed by atoms with Crippen molar-refractivity contribution in [1.29, 1.82) is 0 Å². The maximum absolute atomic E-state index is 11.9. The fourth-order valence-corrected chi connectivity index (χ4v) is 4.52. The number of ether oxygens (including phenoxy) is 4. The molecule has 0 unspecified atom stereocenters. The number of hydrogen-bond donors (Lipinski definition) is 2. The minimum Gasteiger partial charge on any atom is -0.463 e. The molecule has 0 aromatic carbocycles. The van der Waals surface area contributed by atoms with E-state index < -0.39 is 42.4 Å².